The van der Waals surface area contributed by atoms with Gasteiger partial charge in [0, 0.05) is 15.3 Å². The van der Waals surface area contributed by atoms with Crippen molar-refractivity contribution >= 4 is 28.3 Å². The molecule has 0 aliphatic heterocycles. The van der Waals surface area contributed by atoms with Crippen LogP contribution in [0.25, 0.3) is 0 Å². The van der Waals surface area contributed by atoms with Crippen LogP contribution in [0.5, 0.6) is 0 Å². The standard InChI is InChI=1S/C13H14F4IN/c14-8-5-6-12(10(18)7-8)19-11-4-2-1-3-9(11)13(15,16)17/h5-7,9,11,19H,1-4H2. The van der Waals surface area contributed by atoms with Crippen LogP contribution in [-0.2, 0) is 0 Å². The summed E-state index contributed by atoms with van der Waals surface area (Å²) in [6.07, 6.45) is -2.11. The van der Waals surface area contributed by atoms with E-state index < -0.39 is 18.1 Å². The van der Waals surface area contributed by atoms with E-state index >= 15 is 0 Å². The second-order valence-electron chi connectivity index (χ2n) is 4.81. The van der Waals surface area contributed by atoms with Crippen molar-refractivity contribution in [3.05, 3.63) is 27.6 Å². The monoisotopic (exact) mass is 387 g/mol. The number of alkyl halides is 3. The fraction of sp³-hybridized carbons (Fsp3) is 0.538. The summed E-state index contributed by atoms with van der Waals surface area (Å²) >= 11 is 1.93. The van der Waals surface area contributed by atoms with Gasteiger partial charge in [0.05, 0.1) is 5.92 Å². The number of hydrogen-bond donors (Lipinski definition) is 1. The lowest BCUT2D eigenvalue weighted by Gasteiger charge is -2.34. The van der Waals surface area contributed by atoms with Gasteiger partial charge in [0.25, 0.3) is 0 Å². The fourth-order valence-electron chi connectivity index (χ4n) is 2.50. The first-order chi connectivity index (χ1) is 8.88. The maximum absolute atomic E-state index is 13.0. The molecule has 0 spiro atoms. The molecule has 2 atom stereocenters. The Kier molecular flexibility index (Phi) is 4.58. The van der Waals surface area contributed by atoms with E-state index in [2.05, 4.69) is 5.32 Å². The molecule has 2 unspecified atom stereocenters. The minimum atomic E-state index is -4.18. The molecule has 6 heteroatoms. The molecule has 0 radical (unpaired) electrons. The van der Waals surface area contributed by atoms with Gasteiger partial charge in [0.1, 0.15) is 5.82 Å². The van der Waals surface area contributed by atoms with E-state index in [4.69, 9.17) is 0 Å². The van der Waals surface area contributed by atoms with Gasteiger partial charge in [-0.15, -0.1) is 0 Å². The summed E-state index contributed by atoms with van der Waals surface area (Å²) in [7, 11) is 0. The molecule has 1 N–H and O–H groups in total. The van der Waals surface area contributed by atoms with Crippen molar-refractivity contribution in [2.24, 2.45) is 5.92 Å². The van der Waals surface area contributed by atoms with E-state index in [0.29, 0.717) is 22.1 Å². The molecule has 1 aromatic carbocycles. The van der Waals surface area contributed by atoms with Crippen molar-refractivity contribution in [1.82, 2.24) is 0 Å². The van der Waals surface area contributed by atoms with Crippen LogP contribution >= 0.6 is 22.6 Å². The number of rotatable bonds is 2. The smallest absolute Gasteiger partial charge is 0.381 e. The first-order valence-electron chi connectivity index (χ1n) is 6.16. The summed E-state index contributed by atoms with van der Waals surface area (Å²) in [4.78, 5) is 0. The van der Waals surface area contributed by atoms with Crippen LogP contribution in [0.15, 0.2) is 18.2 Å². The molecule has 1 aliphatic carbocycles. The first-order valence-corrected chi connectivity index (χ1v) is 7.24. The zero-order valence-electron chi connectivity index (χ0n) is 10.1. The summed E-state index contributed by atoms with van der Waals surface area (Å²) < 4.78 is 52.5. The highest BCUT2D eigenvalue weighted by atomic mass is 127. The number of hydrogen-bond acceptors (Lipinski definition) is 1. The summed E-state index contributed by atoms with van der Waals surface area (Å²) in [6.45, 7) is 0. The van der Waals surface area contributed by atoms with Crippen LogP contribution < -0.4 is 5.32 Å². The Balaban J connectivity index is 2.15. The topological polar surface area (TPSA) is 12.0 Å². The molecular formula is C13H14F4IN. The molecule has 1 aliphatic rings. The average molecular weight is 387 g/mol. The van der Waals surface area contributed by atoms with Gasteiger partial charge >= 0.3 is 6.18 Å². The lowest BCUT2D eigenvalue weighted by atomic mass is 9.84. The fourth-order valence-corrected chi connectivity index (χ4v) is 3.13. The van der Waals surface area contributed by atoms with Gasteiger partial charge in [0.15, 0.2) is 0 Å². The molecule has 1 saturated carbocycles. The summed E-state index contributed by atoms with van der Waals surface area (Å²) in [5, 5.41) is 2.94. The Labute approximate surface area is 122 Å². The molecule has 19 heavy (non-hydrogen) atoms. The second kappa shape index (κ2) is 5.85. The van der Waals surface area contributed by atoms with E-state index in [1.807, 2.05) is 22.6 Å². The summed E-state index contributed by atoms with van der Waals surface area (Å²) in [5.74, 6) is -1.70. The Morgan fingerprint density at radius 3 is 2.47 bits per heavy atom. The van der Waals surface area contributed by atoms with Crippen LogP contribution in [0.4, 0.5) is 23.2 Å². The van der Waals surface area contributed by atoms with Gasteiger partial charge in [-0.25, -0.2) is 4.39 Å². The van der Waals surface area contributed by atoms with Gasteiger partial charge in [-0.05, 0) is 53.6 Å². The van der Waals surface area contributed by atoms with Crippen LogP contribution in [0.2, 0.25) is 0 Å². The molecule has 0 bridgehead atoms. The minimum absolute atomic E-state index is 0.166. The van der Waals surface area contributed by atoms with Crippen LogP contribution in [0.3, 0.4) is 0 Å². The molecule has 2 rings (SSSR count). The summed E-state index contributed by atoms with van der Waals surface area (Å²) in [6, 6.07) is 3.45. The summed E-state index contributed by atoms with van der Waals surface area (Å²) in [5.41, 5.74) is 0.572. The molecule has 0 saturated heterocycles. The molecule has 0 heterocycles. The Morgan fingerprint density at radius 2 is 1.84 bits per heavy atom. The number of anilines is 1. The molecular weight excluding hydrogens is 373 g/mol. The third-order valence-corrected chi connectivity index (χ3v) is 4.35. The Morgan fingerprint density at radius 1 is 1.16 bits per heavy atom. The number of halogens is 5. The highest BCUT2D eigenvalue weighted by Gasteiger charge is 2.45. The van der Waals surface area contributed by atoms with Crippen molar-refractivity contribution in [3.8, 4) is 0 Å². The van der Waals surface area contributed by atoms with Crippen LogP contribution in [0, 0.1) is 15.3 Å². The molecule has 1 fully saturated rings. The number of benzene rings is 1. The Hall–Kier alpha value is -0.530. The van der Waals surface area contributed by atoms with Crippen molar-refractivity contribution in [1.29, 1.82) is 0 Å². The largest absolute Gasteiger partial charge is 0.393 e. The SMILES string of the molecule is Fc1ccc(NC2CCCCC2C(F)(F)F)c(I)c1. The van der Waals surface area contributed by atoms with Gasteiger partial charge in [-0.2, -0.15) is 13.2 Å². The van der Waals surface area contributed by atoms with Crippen molar-refractivity contribution < 1.29 is 17.6 Å². The van der Waals surface area contributed by atoms with Gasteiger partial charge < -0.3 is 5.32 Å². The molecule has 0 aromatic heterocycles. The Bertz CT molecular complexity index is 447. The maximum atomic E-state index is 13.0. The molecule has 0 amide bonds. The van der Waals surface area contributed by atoms with Gasteiger partial charge in [0.2, 0.25) is 0 Å². The van der Waals surface area contributed by atoms with Gasteiger partial charge in [-0.1, -0.05) is 12.8 Å². The van der Waals surface area contributed by atoms with Crippen molar-refractivity contribution in [2.45, 2.75) is 37.9 Å². The van der Waals surface area contributed by atoms with E-state index in [9.17, 15) is 17.6 Å². The number of nitrogens with one attached hydrogen (secondary N) is 1. The van der Waals surface area contributed by atoms with E-state index in [1.165, 1.54) is 18.2 Å². The van der Waals surface area contributed by atoms with E-state index in [-0.39, 0.29) is 12.2 Å². The van der Waals surface area contributed by atoms with Crippen molar-refractivity contribution in [3.63, 3.8) is 0 Å². The molecule has 1 nitrogen and oxygen atoms in total. The second-order valence-corrected chi connectivity index (χ2v) is 5.97. The molecule has 106 valence electrons. The predicted molar refractivity (Wildman–Crippen MR) is 74.5 cm³/mol. The predicted octanol–water partition coefficient (Wildman–Crippen LogP) is 4.96. The first kappa shape index (κ1) is 14.9. The lowest BCUT2D eigenvalue weighted by Crippen LogP contribution is -2.41. The van der Waals surface area contributed by atoms with Gasteiger partial charge in [-0.3, -0.25) is 0 Å². The normalized spacial score (nSPS) is 24.3. The third-order valence-electron chi connectivity index (χ3n) is 3.46. The highest BCUT2D eigenvalue weighted by Crippen LogP contribution is 2.39. The van der Waals surface area contributed by atoms with Crippen LogP contribution in [-0.4, -0.2) is 12.2 Å². The minimum Gasteiger partial charge on any atom is -0.381 e. The third kappa shape index (κ3) is 3.73. The van der Waals surface area contributed by atoms with E-state index in [0.717, 1.165) is 6.42 Å². The lowest BCUT2D eigenvalue weighted by molar-refractivity contribution is -0.184. The maximum Gasteiger partial charge on any atom is 0.393 e. The molecule has 1 aromatic rings. The van der Waals surface area contributed by atoms with E-state index in [1.54, 1.807) is 0 Å². The average Bonchev–Trinajstić information content (AvgIpc) is 2.32. The van der Waals surface area contributed by atoms with Crippen molar-refractivity contribution in [2.75, 3.05) is 5.32 Å². The zero-order chi connectivity index (χ0) is 14.0. The highest BCUT2D eigenvalue weighted by molar-refractivity contribution is 14.1. The quantitative estimate of drug-likeness (QED) is 0.559. The zero-order valence-corrected chi connectivity index (χ0v) is 12.3. The van der Waals surface area contributed by atoms with Crippen LogP contribution in [0.1, 0.15) is 25.7 Å².